The van der Waals surface area contributed by atoms with Crippen LogP contribution in [0.15, 0.2) is 24.3 Å². The Morgan fingerprint density at radius 3 is 2.47 bits per heavy atom. The molecule has 0 heterocycles. The summed E-state index contributed by atoms with van der Waals surface area (Å²) in [6.07, 6.45) is 0. The van der Waals surface area contributed by atoms with Crippen LogP contribution in [-0.4, -0.2) is 30.8 Å². The molecule has 1 aromatic carbocycles. The maximum Gasteiger partial charge on any atom is 0.335 e. The molecule has 0 spiro atoms. The summed E-state index contributed by atoms with van der Waals surface area (Å²) in [6.45, 7) is 6.29. The molecule has 1 rings (SSSR count). The fourth-order valence-corrected chi connectivity index (χ4v) is 1.36. The third-order valence-electron chi connectivity index (χ3n) is 2.19. The topological polar surface area (TPSA) is 58.6 Å². The van der Waals surface area contributed by atoms with Crippen LogP contribution in [-0.2, 0) is 4.74 Å². The zero-order chi connectivity index (χ0) is 14.4. The Morgan fingerprint density at radius 2 is 2.00 bits per heavy atom. The second-order valence-electron chi connectivity index (χ2n) is 4.06. The number of ether oxygens (including phenoxy) is 1. The summed E-state index contributed by atoms with van der Waals surface area (Å²) in [6, 6.07) is 1.53. The number of rotatable bonds is 7. The fourth-order valence-electron chi connectivity index (χ4n) is 1.36. The van der Waals surface area contributed by atoms with E-state index in [9.17, 15) is 13.6 Å². The van der Waals surface area contributed by atoms with E-state index in [1.807, 2.05) is 0 Å². The predicted octanol–water partition coefficient (Wildman–Crippen LogP) is 2.67. The molecular formula is C13H15F2NO3. The van der Waals surface area contributed by atoms with Crippen molar-refractivity contribution in [2.75, 3.05) is 25.1 Å². The molecular weight excluding hydrogens is 256 g/mol. The maximum absolute atomic E-state index is 13.5. The summed E-state index contributed by atoms with van der Waals surface area (Å²) in [5, 5.41) is 11.2. The van der Waals surface area contributed by atoms with Gasteiger partial charge in [-0.25, -0.2) is 13.6 Å². The van der Waals surface area contributed by atoms with Crippen molar-refractivity contribution in [3.05, 3.63) is 41.5 Å². The van der Waals surface area contributed by atoms with Crippen LogP contribution in [0.3, 0.4) is 0 Å². The first-order valence-electron chi connectivity index (χ1n) is 5.60. The molecule has 0 unspecified atom stereocenters. The first-order valence-corrected chi connectivity index (χ1v) is 5.60. The third kappa shape index (κ3) is 4.67. The molecule has 0 saturated carbocycles. The monoisotopic (exact) mass is 271 g/mol. The molecule has 0 atom stereocenters. The summed E-state index contributed by atoms with van der Waals surface area (Å²) in [5.41, 5.74) is 0.0613. The maximum atomic E-state index is 13.5. The van der Waals surface area contributed by atoms with Crippen molar-refractivity contribution in [3.8, 4) is 0 Å². The average molecular weight is 271 g/mol. The number of carboxylic acids is 1. The lowest BCUT2D eigenvalue weighted by molar-refractivity contribution is 0.0696. The van der Waals surface area contributed by atoms with E-state index >= 15 is 0 Å². The second kappa shape index (κ2) is 6.84. The van der Waals surface area contributed by atoms with Crippen LogP contribution in [0.4, 0.5) is 14.5 Å². The van der Waals surface area contributed by atoms with Crippen LogP contribution in [0.2, 0.25) is 0 Å². The Balaban J connectivity index is 2.59. The minimum Gasteiger partial charge on any atom is -0.478 e. The summed E-state index contributed by atoms with van der Waals surface area (Å²) >= 11 is 0. The van der Waals surface area contributed by atoms with Gasteiger partial charge in [-0.15, -0.1) is 0 Å². The molecule has 0 radical (unpaired) electrons. The molecule has 1 aromatic rings. The smallest absolute Gasteiger partial charge is 0.335 e. The highest BCUT2D eigenvalue weighted by atomic mass is 19.1. The lowest BCUT2D eigenvalue weighted by Gasteiger charge is -2.10. The summed E-state index contributed by atoms with van der Waals surface area (Å²) in [4.78, 5) is 10.6. The molecule has 2 N–H and O–H groups in total. The van der Waals surface area contributed by atoms with Crippen LogP contribution in [0, 0.1) is 11.6 Å². The highest BCUT2D eigenvalue weighted by Gasteiger charge is 2.14. The molecule has 19 heavy (non-hydrogen) atoms. The molecule has 4 nitrogen and oxygen atoms in total. The van der Waals surface area contributed by atoms with Crippen molar-refractivity contribution in [1.82, 2.24) is 0 Å². The average Bonchev–Trinajstić information content (AvgIpc) is 2.30. The van der Waals surface area contributed by atoms with Gasteiger partial charge in [-0.2, -0.15) is 0 Å². The van der Waals surface area contributed by atoms with Crippen molar-refractivity contribution < 1.29 is 23.4 Å². The van der Waals surface area contributed by atoms with Crippen LogP contribution >= 0.6 is 0 Å². The van der Waals surface area contributed by atoms with Crippen molar-refractivity contribution in [2.24, 2.45) is 0 Å². The van der Waals surface area contributed by atoms with Crippen LogP contribution in [0.1, 0.15) is 17.3 Å². The van der Waals surface area contributed by atoms with Gasteiger partial charge in [0, 0.05) is 6.54 Å². The molecule has 0 amide bonds. The molecule has 6 heteroatoms. The highest BCUT2D eigenvalue weighted by Crippen LogP contribution is 2.20. The number of benzene rings is 1. The number of aromatic carboxylic acids is 1. The number of anilines is 1. The molecule has 0 bridgehead atoms. The van der Waals surface area contributed by atoms with Gasteiger partial charge in [0.1, 0.15) is 17.3 Å². The van der Waals surface area contributed by atoms with E-state index in [4.69, 9.17) is 9.84 Å². The molecule has 0 aromatic heterocycles. The van der Waals surface area contributed by atoms with E-state index < -0.39 is 23.2 Å². The predicted molar refractivity (Wildman–Crippen MR) is 67.4 cm³/mol. The Kier molecular flexibility index (Phi) is 5.44. The number of carbonyl (C=O) groups is 1. The fraction of sp³-hybridized carbons (Fsp3) is 0.308. The minimum atomic E-state index is -1.38. The molecule has 0 saturated heterocycles. The molecule has 0 aliphatic heterocycles. The van der Waals surface area contributed by atoms with Gasteiger partial charge in [0.25, 0.3) is 0 Å². The highest BCUT2D eigenvalue weighted by molar-refractivity contribution is 5.88. The van der Waals surface area contributed by atoms with Gasteiger partial charge in [-0.05, 0) is 19.1 Å². The number of hydrogen-bond acceptors (Lipinski definition) is 3. The normalized spacial score (nSPS) is 10.3. The van der Waals surface area contributed by atoms with Gasteiger partial charge >= 0.3 is 5.97 Å². The van der Waals surface area contributed by atoms with E-state index in [1.54, 1.807) is 6.92 Å². The quantitative estimate of drug-likeness (QED) is 0.591. The van der Waals surface area contributed by atoms with E-state index in [0.29, 0.717) is 6.61 Å². The van der Waals surface area contributed by atoms with Gasteiger partial charge in [-0.3, -0.25) is 0 Å². The largest absolute Gasteiger partial charge is 0.478 e. The van der Waals surface area contributed by atoms with Crippen molar-refractivity contribution in [1.29, 1.82) is 0 Å². The van der Waals surface area contributed by atoms with Gasteiger partial charge < -0.3 is 15.2 Å². The first kappa shape index (κ1) is 15.1. The molecule has 0 aliphatic rings. The summed E-state index contributed by atoms with van der Waals surface area (Å²) in [7, 11) is 0. The lowest BCUT2D eigenvalue weighted by atomic mass is 10.2. The van der Waals surface area contributed by atoms with Gasteiger partial charge in [0.2, 0.25) is 0 Å². The van der Waals surface area contributed by atoms with E-state index in [1.165, 1.54) is 0 Å². The standard InChI is InChI=1S/C13H15F2NO3/c1-8(2)7-19-4-3-16-12-10(14)5-9(13(17)18)6-11(12)15/h5-6,16H,1,3-4,7H2,2H3,(H,17,18). The SMILES string of the molecule is C=C(C)COCCNc1c(F)cc(C(=O)O)cc1F. The number of nitrogens with one attached hydrogen (secondary N) is 1. The van der Waals surface area contributed by atoms with Gasteiger partial charge in [0.15, 0.2) is 0 Å². The Hall–Kier alpha value is -1.95. The minimum absolute atomic E-state index is 0.202. The Morgan fingerprint density at radius 1 is 1.42 bits per heavy atom. The van der Waals surface area contributed by atoms with Crippen LogP contribution in [0.25, 0.3) is 0 Å². The molecule has 0 fully saturated rings. The summed E-state index contributed by atoms with van der Waals surface area (Å²) < 4.78 is 32.1. The number of halogens is 2. The second-order valence-corrected chi connectivity index (χ2v) is 4.06. The molecule has 104 valence electrons. The van der Waals surface area contributed by atoms with Crippen molar-refractivity contribution >= 4 is 11.7 Å². The van der Waals surface area contributed by atoms with Crippen LogP contribution in [0.5, 0.6) is 0 Å². The van der Waals surface area contributed by atoms with Gasteiger partial charge in [0.05, 0.1) is 18.8 Å². The van der Waals surface area contributed by atoms with E-state index in [0.717, 1.165) is 17.7 Å². The van der Waals surface area contributed by atoms with Crippen LogP contribution < -0.4 is 5.32 Å². The third-order valence-corrected chi connectivity index (χ3v) is 2.19. The Labute approximate surface area is 109 Å². The zero-order valence-electron chi connectivity index (χ0n) is 10.5. The van der Waals surface area contributed by atoms with E-state index in [-0.39, 0.29) is 18.8 Å². The number of carboxylic acid groups (broad SMARTS) is 1. The zero-order valence-corrected chi connectivity index (χ0v) is 10.5. The lowest BCUT2D eigenvalue weighted by Crippen LogP contribution is -2.13. The van der Waals surface area contributed by atoms with Crippen molar-refractivity contribution in [3.63, 3.8) is 0 Å². The first-order chi connectivity index (χ1) is 8.91. The van der Waals surface area contributed by atoms with E-state index in [2.05, 4.69) is 11.9 Å². The van der Waals surface area contributed by atoms with Gasteiger partial charge in [-0.1, -0.05) is 12.2 Å². The number of hydrogen-bond donors (Lipinski definition) is 2. The van der Waals surface area contributed by atoms with Crippen molar-refractivity contribution in [2.45, 2.75) is 6.92 Å². The molecule has 0 aliphatic carbocycles. The summed E-state index contributed by atoms with van der Waals surface area (Å²) in [5.74, 6) is -3.27. The Bertz CT molecular complexity index is 466.